The van der Waals surface area contributed by atoms with Gasteiger partial charge in [0, 0.05) is 22.8 Å². The Morgan fingerprint density at radius 3 is 2.48 bits per heavy atom. The Bertz CT molecular complexity index is 1010. The van der Waals surface area contributed by atoms with Gasteiger partial charge in [-0.2, -0.15) is 17.7 Å². The monoisotopic (exact) mass is 362 g/mol. The van der Waals surface area contributed by atoms with Crippen LogP contribution in [-0.2, 0) is 6.18 Å². The smallest absolute Gasteiger partial charge is 0.339 e. The summed E-state index contributed by atoms with van der Waals surface area (Å²) < 4.78 is 39.4. The summed E-state index contributed by atoms with van der Waals surface area (Å²) in [4.78, 5) is 4.22. The summed E-state index contributed by atoms with van der Waals surface area (Å²) in [6.45, 7) is 0. The Hall–Kier alpha value is -3.01. The van der Waals surface area contributed by atoms with E-state index in [9.17, 15) is 13.2 Å². The number of hydrogen-bond donors (Lipinski definition) is 1. The van der Waals surface area contributed by atoms with Gasteiger partial charge >= 0.3 is 6.18 Å². The van der Waals surface area contributed by atoms with E-state index in [1.807, 2.05) is 17.5 Å². The minimum absolute atomic E-state index is 0.0250. The average Bonchev–Trinajstić information content (AvgIpc) is 3.24. The van der Waals surface area contributed by atoms with Crippen molar-refractivity contribution in [3.63, 3.8) is 0 Å². The molecule has 126 valence electrons. The third kappa shape index (κ3) is 3.03. The normalized spacial score (nSPS) is 11.8. The minimum Gasteiger partial charge on any atom is -0.339 e. The van der Waals surface area contributed by atoms with Crippen LogP contribution in [0.15, 0.2) is 48.0 Å². The van der Waals surface area contributed by atoms with Gasteiger partial charge in [-0.1, -0.05) is 0 Å². The van der Waals surface area contributed by atoms with Crippen molar-refractivity contribution < 1.29 is 13.2 Å². The lowest BCUT2D eigenvalue weighted by Crippen LogP contribution is -2.13. The number of fused-ring (bicyclic) bond motifs is 1. The van der Waals surface area contributed by atoms with Crippen LogP contribution in [-0.4, -0.2) is 24.8 Å². The molecule has 4 rings (SSSR count). The Labute approximate surface area is 143 Å². The lowest BCUT2D eigenvalue weighted by molar-refractivity contribution is -0.146. The third-order valence-electron chi connectivity index (χ3n) is 3.35. The molecule has 6 nitrogen and oxygen atoms in total. The summed E-state index contributed by atoms with van der Waals surface area (Å²) >= 11 is 1.52. The SMILES string of the molecule is FC(F)(F)c1nnc2ccc(Nc3ccc(-c4nccs4)cc3)nn12. The summed E-state index contributed by atoms with van der Waals surface area (Å²) in [5.41, 5.74) is 1.67. The zero-order chi connectivity index (χ0) is 17.4. The molecule has 0 saturated carbocycles. The second-order valence-corrected chi connectivity index (χ2v) is 5.94. The molecule has 0 atom stereocenters. The van der Waals surface area contributed by atoms with E-state index < -0.39 is 12.0 Å². The maximum absolute atomic E-state index is 12.9. The van der Waals surface area contributed by atoms with Crippen molar-refractivity contribution in [2.45, 2.75) is 6.18 Å². The van der Waals surface area contributed by atoms with Crippen molar-refractivity contribution in [2.24, 2.45) is 0 Å². The molecule has 10 heteroatoms. The van der Waals surface area contributed by atoms with E-state index in [1.54, 1.807) is 24.4 Å². The first kappa shape index (κ1) is 15.5. The van der Waals surface area contributed by atoms with Crippen LogP contribution in [0.2, 0.25) is 0 Å². The molecule has 0 bridgehead atoms. The van der Waals surface area contributed by atoms with Gasteiger partial charge in [-0.15, -0.1) is 26.6 Å². The van der Waals surface area contributed by atoms with E-state index in [2.05, 4.69) is 25.6 Å². The molecule has 0 unspecified atom stereocenters. The Morgan fingerprint density at radius 1 is 1.00 bits per heavy atom. The van der Waals surface area contributed by atoms with Crippen molar-refractivity contribution in [2.75, 3.05) is 5.32 Å². The van der Waals surface area contributed by atoms with Crippen molar-refractivity contribution in [3.05, 3.63) is 53.8 Å². The van der Waals surface area contributed by atoms with Crippen LogP contribution in [0.3, 0.4) is 0 Å². The van der Waals surface area contributed by atoms with Gasteiger partial charge in [0.1, 0.15) is 5.01 Å². The predicted octanol–water partition coefficient (Wildman–Crippen LogP) is 4.01. The molecule has 3 heterocycles. The number of hydrogen-bond acceptors (Lipinski definition) is 6. The lowest BCUT2D eigenvalue weighted by atomic mass is 10.2. The highest BCUT2D eigenvalue weighted by Crippen LogP contribution is 2.28. The number of thiazole rings is 1. The van der Waals surface area contributed by atoms with Crippen molar-refractivity contribution in [1.82, 2.24) is 24.8 Å². The van der Waals surface area contributed by atoms with E-state index in [-0.39, 0.29) is 11.5 Å². The molecule has 0 aliphatic rings. The van der Waals surface area contributed by atoms with Crippen LogP contribution < -0.4 is 5.32 Å². The maximum atomic E-state index is 12.9. The first-order chi connectivity index (χ1) is 12.0. The molecule has 0 spiro atoms. The molecule has 25 heavy (non-hydrogen) atoms. The number of rotatable bonds is 3. The molecule has 0 fully saturated rings. The number of benzene rings is 1. The van der Waals surface area contributed by atoms with E-state index in [0.29, 0.717) is 10.2 Å². The highest BCUT2D eigenvalue weighted by molar-refractivity contribution is 7.13. The molecule has 0 amide bonds. The first-order valence-corrected chi connectivity index (χ1v) is 7.95. The van der Waals surface area contributed by atoms with E-state index in [0.717, 1.165) is 10.6 Å². The Morgan fingerprint density at radius 2 is 1.80 bits per heavy atom. The van der Waals surface area contributed by atoms with Gasteiger partial charge in [0.25, 0.3) is 5.82 Å². The number of nitrogens with zero attached hydrogens (tertiary/aromatic N) is 5. The third-order valence-corrected chi connectivity index (χ3v) is 4.18. The van der Waals surface area contributed by atoms with Crippen LogP contribution in [0.4, 0.5) is 24.7 Å². The van der Waals surface area contributed by atoms with E-state index in [4.69, 9.17) is 0 Å². The largest absolute Gasteiger partial charge is 0.453 e. The second kappa shape index (κ2) is 5.81. The zero-order valence-electron chi connectivity index (χ0n) is 12.4. The molecule has 1 N–H and O–H groups in total. The van der Waals surface area contributed by atoms with Crippen molar-refractivity contribution >= 4 is 28.5 Å². The fourth-order valence-electron chi connectivity index (χ4n) is 2.24. The number of aromatic nitrogens is 5. The van der Waals surface area contributed by atoms with Crippen LogP contribution >= 0.6 is 11.3 Å². The topological polar surface area (TPSA) is 68.0 Å². The molecule has 0 radical (unpaired) electrons. The molecule has 4 aromatic rings. The molecule has 0 saturated heterocycles. The number of nitrogens with one attached hydrogen (secondary N) is 1. The highest BCUT2D eigenvalue weighted by atomic mass is 32.1. The van der Waals surface area contributed by atoms with Gasteiger partial charge in [-0.25, -0.2) is 4.98 Å². The van der Waals surface area contributed by atoms with Gasteiger partial charge < -0.3 is 5.32 Å². The number of halogens is 3. The Balaban J connectivity index is 1.62. The van der Waals surface area contributed by atoms with Crippen molar-refractivity contribution in [1.29, 1.82) is 0 Å². The Kier molecular flexibility index (Phi) is 3.61. The summed E-state index contributed by atoms with van der Waals surface area (Å²) in [6, 6.07) is 10.3. The fourth-order valence-corrected chi connectivity index (χ4v) is 2.89. The molecule has 0 aliphatic carbocycles. The summed E-state index contributed by atoms with van der Waals surface area (Å²) in [5.74, 6) is -0.912. The number of alkyl halides is 3. The number of anilines is 2. The predicted molar refractivity (Wildman–Crippen MR) is 86.6 cm³/mol. The van der Waals surface area contributed by atoms with E-state index in [1.165, 1.54) is 17.4 Å². The van der Waals surface area contributed by atoms with Gasteiger partial charge in [-0.3, -0.25) is 0 Å². The molecular weight excluding hydrogens is 353 g/mol. The van der Waals surface area contributed by atoms with Crippen molar-refractivity contribution in [3.8, 4) is 10.6 Å². The molecular formula is C15H9F3N6S. The minimum atomic E-state index is -4.62. The highest BCUT2D eigenvalue weighted by Gasteiger charge is 2.37. The molecule has 3 aromatic heterocycles. The lowest BCUT2D eigenvalue weighted by Gasteiger charge is -2.08. The average molecular weight is 362 g/mol. The van der Waals surface area contributed by atoms with Crippen LogP contribution in [0.25, 0.3) is 16.2 Å². The second-order valence-electron chi connectivity index (χ2n) is 5.05. The standard InChI is InChI=1S/C15H9F3N6S/c16-15(17,18)14-22-21-12-6-5-11(23-24(12)14)20-10-3-1-9(2-4-10)13-19-7-8-25-13/h1-8H,(H,20,23). The molecule has 1 aromatic carbocycles. The zero-order valence-corrected chi connectivity index (χ0v) is 13.2. The van der Waals surface area contributed by atoms with Gasteiger partial charge in [0.05, 0.1) is 0 Å². The van der Waals surface area contributed by atoms with Crippen LogP contribution in [0.1, 0.15) is 5.82 Å². The summed E-state index contributed by atoms with van der Waals surface area (Å²) in [5, 5.41) is 16.3. The fraction of sp³-hybridized carbons (Fsp3) is 0.0667. The summed E-state index contributed by atoms with van der Waals surface area (Å²) in [6.07, 6.45) is -2.90. The quantitative estimate of drug-likeness (QED) is 0.596. The maximum Gasteiger partial charge on any atom is 0.453 e. The van der Waals surface area contributed by atoms with Gasteiger partial charge in [0.15, 0.2) is 11.5 Å². The van der Waals surface area contributed by atoms with Crippen LogP contribution in [0, 0.1) is 0 Å². The molecule has 0 aliphatic heterocycles. The van der Waals surface area contributed by atoms with E-state index >= 15 is 0 Å². The first-order valence-electron chi connectivity index (χ1n) is 7.07. The van der Waals surface area contributed by atoms with Gasteiger partial charge in [0.2, 0.25) is 0 Å². The van der Waals surface area contributed by atoms with Gasteiger partial charge in [-0.05, 0) is 36.4 Å². The summed E-state index contributed by atoms with van der Waals surface area (Å²) in [7, 11) is 0. The van der Waals surface area contributed by atoms with Crippen LogP contribution in [0.5, 0.6) is 0 Å².